The quantitative estimate of drug-likeness (QED) is 0.691. The van der Waals surface area contributed by atoms with Gasteiger partial charge in [0.05, 0.1) is 6.10 Å². The highest BCUT2D eigenvalue weighted by Crippen LogP contribution is 2.26. The van der Waals surface area contributed by atoms with Crippen LogP contribution in [0.4, 0.5) is 4.79 Å². The number of nitrogens with one attached hydrogen (secondary N) is 1. The number of rotatable bonds is 5. The molecule has 0 saturated carbocycles. The molecule has 2 rings (SSSR count). The predicted octanol–water partition coefficient (Wildman–Crippen LogP) is -0.548. The molecule has 0 amide bonds. The molecule has 0 spiro atoms. The van der Waals surface area contributed by atoms with Crippen LogP contribution in [0.25, 0.3) is 0 Å². The van der Waals surface area contributed by atoms with Crippen molar-refractivity contribution >= 4 is 12.1 Å². The van der Waals surface area contributed by atoms with Crippen molar-refractivity contribution in [2.75, 3.05) is 13.2 Å². The van der Waals surface area contributed by atoms with E-state index in [0.29, 0.717) is 12.8 Å². The van der Waals surface area contributed by atoms with Crippen molar-refractivity contribution in [3.8, 4) is 0 Å². The van der Waals surface area contributed by atoms with Crippen LogP contribution in [-0.4, -0.2) is 46.1 Å². The van der Waals surface area contributed by atoms with Crippen LogP contribution in [0, 0.1) is 0 Å². The van der Waals surface area contributed by atoms with E-state index >= 15 is 0 Å². The maximum absolute atomic E-state index is 11.6. The number of aromatic amines is 1. The van der Waals surface area contributed by atoms with Gasteiger partial charge in [0.2, 0.25) is 0 Å². The minimum absolute atomic E-state index is 0.118. The van der Waals surface area contributed by atoms with Crippen molar-refractivity contribution in [3.63, 3.8) is 0 Å². The van der Waals surface area contributed by atoms with Gasteiger partial charge >= 0.3 is 17.8 Å². The lowest BCUT2D eigenvalue weighted by Crippen LogP contribution is -2.32. The number of carboxylic acid groups (broad SMARTS) is 1. The lowest BCUT2D eigenvalue weighted by molar-refractivity contribution is -0.141. The Labute approximate surface area is 123 Å². The van der Waals surface area contributed by atoms with E-state index in [1.165, 1.54) is 16.8 Å². The van der Waals surface area contributed by atoms with Crippen LogP contribution >= 0.6 is 0 Å². The van der Waals surface area contributed by atoms with Crippen LogP contribution in [-0.2, 0) is 19.0 Å². The number of carbonyl (C=O) groups is 2. The second kappa shape index (κ2) is 6.89. The number of hydrogen-bond acceptors (Lipinski definition) is 7. The first kappa shape index (κ1) is 15.8. The van der Waals surface area contributed by atoms with E-state index in [1.807, 2.05) is 0 Å². The Morgan fingerprint density at radius 2 is 2.14 bits per heavy atom. The molecule has 0 bridgehead atoms. The Bertz CT molecular complexity index is 664. The fourth-order valence-corrected chi connectivity index (χ4v) is 1.99. The first-order valence-electron chi connectivity index (χ1n) is 6.44. The Balaban J connectivity index is 1.83. The Kier molecular flexibility index (Phi) is 4.94. The molecular weight excluding hydrogens is 300 g/mol. The molecule has 0 aromatic carbocycles. The van der Waals surface area contributed by atoms with Gasteiger partial charge in [0.1, 0.15) is 12.8 Å². The molecule has 1 aromatic heterocycles. The second-order valence-corrected chi connectivity index (χ2v) is 4.55. The first-order chi connectivity index (χ1) is 10.5. The van der Waals surface area contributed by atoms with E-state index in [2.05, 4.69) is 9.72 Å². The number of carbonyl (C=O) groups excluding carboxylic acids is 1. The molecule has 1 aliphatic rings. The van der Waals surface area contributed by atoms with Crippen LogP contribution < -0.4 is 11.2 Å². The fraction of sp³-hybridized carbons (Fsp3) is 0.500. The van der Waals surface area contributed by atoms with E-state index in [1.54, 1.807) is 0 Å². The molecule has 1 saturated heterocycles. The third-order valence-corrected chi connectivity index (χ3v) is 2.95. The highest BCUT2D eigenvalue weighted by molar-refractivity contribution is 5.71. The molecule has 1 aliphatic heterocycles. The zero-order valence-corrected chi connectivity index (χ0v) is 11.4. The molecule has 2 unspecified atom stereocenters. The van der Waals surface area contributed by atoms with Gasteiger partial charge in [-0.15, -0.1) is 0 Å². The molecular formula is C12H14N2O8. The third kappa shape index (κ3) is 4.19. The van der Waals surface area contributed by atoms with E-state index in [4.69, 9.17) is 14.6 Å². The van der Waals surface area contributed by atoms with Crippen LogP contribution in [0.2, 0.25) is 0 Å². The van der Waals surface area contributed by atoms with Gasteiger partial charge in [-0.1, -0.05) is 0 Å². The van der Waals surface area contributed by atoms with Crippen LogP contribution in [0.3, 0.4) is 0 Å². The van der Waals surface area contributed by atoms with Crippen LogP contribution in [0.5, 0.6) is 0 Å². The number of H-pyrrole nitrogens is 1. The molecule has 2 N–H and O–H groups in total. The van der Waals surface area contributed by atoms with Gasteiger partial charge in [0, 0.05) is 12.3 Å². The summed E-state index contributed by atoms with van der Waals surface area (Å²) in [5.41, 5.74) is -1.08. The Hall–Kier alpha value is -2.62. The zero-order valence-electron chi connectivity index (χ0n) is 11.4. The first-order valence-corrected chi connectivity index (χ1v) is 6.44. The summed E-state index contributed by atoms with van der Waals surface area (Å²) in [5, 5.41) is 8.33. The summed E-state index contributed by atoms with van der Waals surface area (Å²) in [7, 11) is 0. The van der Waals surface area contributed by atoms with E-state index in [9.17, 15) is 19.2 Å². The standard InChI is InChI=1S/C12H14N2O8/c15-8-3-4-14(11(18)13-8)9-2-1-7(22-9)5-20-12(19)21-6-10(16)17/h3-4,7,9H,1-2,5-6H2,(H,16,17)(H,13,15,18). The highest BCUT2D eigenvalue weighted by atomic mass is 16.7. The molecule has 120 valence electrons. The molecule has 10 nitrogen and oxygen atoms in total. The summed E-state index contributed by atoms with van der Waals surface area (Å²) in [6, 6.07) is 1.21. The van der Waals surface area contributed by atoms with Gasteiger partial charge in [-0.25, -0.2) is 14.4 Å². The summed E-state index contributed by atoms with van der Waals surface area (Å²) in [4.78, 5) is 46.0. The molecule has 0 aliphatic carbocycles. The Morgan fingerprint density at radius 1 is 1.36 bits per heavy atom. The fourth-order valence-electron chi connectivity index (χ4n) is 1.99. The summed E-state index contributed by atoms with van der Waals surface area (Å²) < 4.78 is 15.8. The summed E-state index contributed by atoms with van der Waals surface area (Å²) in [6.45, 7) is -0.896. The summed E-state index contributed by atoms with van der Waals surface area (Å²) in [5.74, 6) is -1.29. The van der Waals surface area contributed by atoms with E-state index in [-0.39, 0.29) is 6.61 Å². The number of carboxylic acids is 1. The van der Waals surface area contributed by atoms with Crippen molar-refractivity contribution < 1.29 is 28.9 Å². The molecule has 2 atom stereocenters. The van der Waals surface area contributed by atoms with Gasteiger partial charge < -0.3 is 19.3 Å². The number of ether oxygens (including phenoxy) is 3. The van der Waals surface area contributed by atoms with Crippen molar-refractivity contribution in [1.29, 1.82) is 0 Å². The van der Waals surface area contributed by atoms with Crippen molar-refractivity contribution in [2.24, 2.45) is 0 Å². The number of nitrogens with zero attached hydrogens (tertiary/aromatic N) is 1. The largest absolute Gasteiger partial charge is 0.508 e. The highest BCUT2D eigenvalue weighted by Gasteiger charge is 2.28. The maximum Gasteiger partial charge on any atom is 0.508 e. The smallest absolute Gasteiger partial charge is 0.479 e. The molecule has 2 heterocycles. The minimum atomic E-state index is -1.29. The van der Waals surface area contributed by atoms with E-state index < -0.39 is 42.3 Å². The van der Waals surface area contributed by atoms with Crippen LogP contribution in [0.1, 0.15) is 19.1 Å². The second-order valence-electron chi connectivity index (χ2n) is 4.55. The topological polar surface area (TPSA) is 137 Å². The average molecular weight is 314 g/mol. The third-order valence-electron chi connectivity index (χ3n) is 2.95. The average Bonchev–Trinajstić information content (AvgIpc) is 2.91. The predicted molar refractivity (Wildman–Crippen MR) is 69.4 cm³/mol. The van der Waals surface area contributed by atoms with Crippen molar-refractivity contribution in [3.05, 3.63) is 33.1 Å². The minimum Gasteiger partial charge on any atom is -0.479 e. The van der Waals surface area contributed by atoms with E-state index in [0.717, 1.165) is 0 Å². The van der Waals surface area contributed by atoms with Gasteiger partial charge in [-0.2, -0.15) is 0 Å². The zero-order chi connectivity index (χ0) is 16.1. The van der Waals surface area contributed by atoms with Gasteiger partial charge in [0.15, 0.2) is 6.61 Å². The summed E-state index contributed by atoms with van der Waals surface area (Å²) >= 11 is 0. The normalized spacial score (nSPS) is 20.5. The molecule has 1 fully saturated rings. The molecule has 0 radical (unpaired) electrons. The lowest BCUT2D eigenvalue weighted by Gasteiger charge is -2.15. The SMILES string of the molecule is O=C(O)COC(=O)OCC1CCC(n2ccc(=O)[nH]c2=O)O1. The van der Waals surface area contributed by atoms with Crippen molar-refractivity contribution in [2.45, 2.75) is 25.2 Å². The molecule has 22 heavy (non-hydrogen) atoms. The maximum atomic E-state index is 11.6. The van der Waals surface area contributed by atoms with Gasteiger partial charge in [0.25, 0.3) is 5.56 Å². The number of aromatic nitrogens is 2. The number of hydrogen-bond donors (Lipinski definition) is 2. The van der Waals surface area contributed by atoms with Crippen molar-refractivity contribution in [1.82, 2.24) is 9.55 Å². The molecule has 10 heteroatoms. The number of aliphatic carboxylic acids is 1. The van der Waals surface area contributed by atoms with Gasteiger partial charge in [-0.05, 0) is 12.8 Å². The lowest BCUT2D eigenvalue weighted by atomic mass is 10.2. The van der Waals surface area contributed by atoms with Gasteiger partial charge in [-0.3, -0.25) is 14.3 Å². The monoisotopic (exact) mass is 314 g/mol. The molecule has 1 aromatic rings. The van der Waals surface area contributed by atoms with Crippen LogP contribution in [0.15, 0.2) is 21.9 Å². The Morgan fingerprint density at radius 3 is 2.82 bits per heavy atom. The summed E-state index contributed by atoms with van der Waals surface area (Å²) in [6.07, 6.45) is 0.257.